The summed E-state index contributed by atoms with van der Waals surface area (Å²) in [5.74, 6) is 0. The number of hydrogen-bond acceptors (Lipinski definition) is 3. The minimum Gasteiger partial charge on any atom is -0.329 e. The zero-order valence-corrected chi connectivity index (χ0v) is 13.7. The molecule has 0 saturated carbocycles. The molecule has 0 fully saturated rings. The van der Waals surface area contributed by atoms with Crippen LogP contribution < -0.4 is 5.73 Å². The minimum absolute atomic E-state index is 0.247. The fourth-order valence-electron chi connectivity index (χ4n) is 2.17. The molecule has 2 N–H and O–H groups in total. The number of likely N-dealkylation sites (N-methyl/N-ethyl adjacent to an activating group) is 1. The summed E-state index contributed by atoms with van der Waals surface area (Å²) < 4.78 is 1.15. The maximum Gasteiger partial charge on any atom is 0.0471 e. The molecule has 102 valence electrons. The van der Waals surface area contributed by atoms with Crippen LogP contribution in [-0.4, -0.2) is 18.5 Å². The monoisotopic (exact) mass is 338 g/mol. The Hall–Kier alpha value is -0.680. The van der Waals surface area contributed by atoms with E-state index in [9.17, 15) is 0 Å². The quantitative estimate of drug-likeness (QED) is 0.894. The van der Waals surface area contributed by atoms with E-state index in [-0.39, 0.29) is 6.04 Å². The average Bonchev–Trinajstić information content (AvgIpc) is 2.87. The lowest BCUT2D eigenvalue weighted by Crippen LogP contribution is -2.30. The first-order valence-corrected chi connectivity index (χ1v) is 8.03. The molecular weight excluding hydrogens is 320 g/mol. The van der Waals surface area contributed by atoms with Gasteiger partial charge in [-0.05, 0) is 53.6 Å². The second-order valence-corrected chi connectivity index (χ2v) is 6.44. The standard InChI is InChI=1S/C15H19BrN2S/c1-11-3-4-13(7-14(11)16)15(8-17)18(2)9-12-5-6-19-10-12/h3-7,10,15H,8-9,17H2,1-2H3. The Bertz CT molecular complexity index is 525. The lowest BCUT2D eigenvalue weighted by molar-refractivity contribution is 0.242. The van der Waals surface area contributed by atoms with Gasteiger partial charge in [0.1, 0.15) is 0 Å². The van der Waals surface area contributed by atoms with Gasteiger partial charge in [-0.25, -0.2) is 0 Å². The summed E-state index contributed by atoms with van der Waals surface area (Å²) in [5.41, 5.74) is 9.82. The van der Waals surface area contributed by atoms with E-state index >= 15 is 0 Å². The molecule has 1 unspecified atom stereocenters. The molecule has 2 rings (SSSR count). The number of thiophene rings is 1. The first kappa shape index (κ1) is 14.7. The summed E-state index contributed by atoms with van der Waals surface area (Å²) in [5, 5.41) is 4.30. The van der Waals surface area contributed by atoms with Crippen LogP contribution in [0.1, 0.15) is 22.7 Å². The van der Waals surface area contributed by atoms with Crippen molar-refractivity contribution in [3.05, 3.63) is 56.2 Å². The van der Waals surface area contributed by atoms with E-state index < -0.39 is 0 Å². The van der Waals surface area contributed by atoms with Gasteiger partial charge in [0.15, 0.2) is 0 Å². The molecule has 0 amide bonds. The number of nitrogens with zero attached hydrogens (tertiary/aromatic N) is 1. The van der Waals surface area contributed by atoms with Crippen molar-refractivity contribution in [1.29, 1.82) is 0 Å². The van der Waals surface area contributed by atoms with Crippen LogP contribution in [-0.2, 0) is 6.54 Å². The Balaban J connectivity index is 2.16. The van der Waals surface area contributed by atoms with Crippen molar-refractivity contribution in [3.8, 4) is 0 Å². The predicted molar refractivity (Wildman–Crippen MR) is 86.5 cm³/mol. The van der Waals surface area contributed by atoms with Crippen LogP contribution in [0.25, 0.3) is 0 Å². The van der Waals surface area contributed by atoms with Crippen molar-refractivity contribution in [1.82, 2.24) is 4.90 Å². The SMILES string of the molecule is Cc1ccc(C(CN)N(C)Cc2ccsc2)cc1Br. The van der Waals surface area contributed by atoms with Gasteiger partial charge >= 0.3 is 0 Å². The van der Waals surface area contributed by atoms with E-state index in [1.54, 1.807) is 11.3 Å². The molecule has 2 nitrogen and oxygen atoms in total. The van der Waals surface area contributed by atoms with Gasteiger partial charge in [0, 0.05) is 23.6 Å². The third-order valence-electron chi connectivity index (χ3n) is 3.35. The molecule has 1 atom stereocenters. The summed E-state index contributed by atoms with van der Waals surface area (Å²) in [7, 11) is 2.13. The highest BCUT2D eigenvalue weighted by Crippen LogP contribution is 2.25. The maximum absolute atomic E-state index is 5.97. The Labute approximate surface area is 127 Å². The van der Waals surface area contributed by atoms with Crippen molar-refractivity contribution in [3.63, 3.8) is 0 Å². The second kappa shape index (κ2) is 6.66. The Morgan fingerprint density at radius 2 is 2.16 bits per heavy atom. The second-order valence-electron chi connectivity index (χ2n) is 4.81. The fraction of sp³-hybridized carbons (Fsp3) is 0.333. The topological polar surface area (TPSA) is 29.3 Å². The van der Waals surface area contributed by atoms with Gasteiger partial charge < -0.3 is 5.73 Å². The van der Waals surface area contributed by atoms with Crippen molar-refractivity contribution >= 4 is 27.3 Å². The van der Waals surface area contributed by atoms with E-state index in [0.29, 0.717) is 6.54 Å². The highest BCUT2D eigenvalue weighted by Gasteiger charge is 2.16. The van der Waals surface area contributed by atoms with Gasteiger partial charge in [0.25, 0.3) is 0 Å². The Morgan fingerprint density at radius 3 is 2.74 bits per heavy atom. The van der Waals surface area contributed by atoms with E-state index in [0.717, 1.165) is 11.0 Å². The summed E-state index contributed by atoms with van der Waals surface area (Å²) in [6.45, 7) is 3.65. The molecule has 0 saturated heterocycles. The molecule has 0 aliphatic heterocycles. The van der Waals surface area contributed by atoms with Crippen LogP contribution in [0.4, 0.5) is 0 Å². The molecule has 19 heavy (non-hydrogen) atoms. The van der Waals surface area contributed by atoms with Crippen LogP contribution in [0.15, 0.2) is 39.5 Å². The molecule has 0 spiro atoms. The maximum atomic E-state index is 5.97. The number of benzene rings is 1. The van der Waals surface area contributed by atoms with Crippen LogP contribution >= 0.6 is 27.3 Å². The van der Waals surface area contributed by atoms with Gasteiger partial charge in [-0.3, -0.25) is 4.90 Å². The number of nitrogens with two attached hydrogens (primary N) is 1. The molecule has 2 aromatic rings. The first-order chi connectivity index (χ1) is 9.11. The van der Waals surface area contributed by atoms with Crippen LogP contribution in [0.2, 0.25) is 0 Å². The number of hydrogen-bond donors (Lipinski definition) is 1. The molecular formula is C15H19BrN2S. The van der Waals surface area contributed by atoms with E-state index in [1.165, 1.54) is 16.7 Å². The molecule has 1 aromatic carbocycles. The molecule has 0 aliphatic carbocycles. The lowest BCUT2D eigenvalue weighted by atomic mass is 10.0. The van der Waals surface area contributed by atoms with Gasteiger partial charge in [-0.1, -0.05) is 28.1 Å². The molecule has 0 bridgehead atoms. The highest BCUT2D eigenvalue weighted by atomic mass is 79.9. The zero-order chi connectivity index (χ0) is 13.8. The van der Waals surface area contributed by atoms with Crippen LogP contribution in [0.3, 0.4) is 0 Å². The van der Waals surface area contributed by atoms with Crippen molar-refractivity contribution in [2.24, 2.45) is 5.73 Å². The summed E-state index contributed by atoms with van der Waals surface area (Å²) in [4.78, 5) is 2.30. The van der Waals surface area contributed by atoms with Crippen molar-refractivity contribution < 1.29 is 0 Å². The molecule has 1 aromatic heterocycles. The summed E-state index contributed by atoms with van der Waals surface area (Å²) in [6, 6.07) is 8.90. The molecule has 0 aliphatic rings. The normalized spacial score (nSPS) is 12.9. The minimum atomic E-state index is 0.247. The smallest absolute Gasteiger partial charge is 0.0471 e. The van der Waals surface area contributed by atoms with Crippen LogP contribution in [0, 0.1) is 6.92 Å². The third kappa shape index (κ3) is 3.66. The average molecular weight is 339 g/mol. The lowest BCUT2D eigenvalue weighted by Gasteiger charge is -2.27. The molecule has 4 heteroatoms. The van der Waals surface area contributed by atoms with Gasteiger partial charge in [0.2, 0.25) is 0 Å². The van der Waals surface area contributed by atoms with E-state index in [4.69, 9.17) is 5.73 Å². The molecule has 1 heterocycles. The van der Waals surface area contributed by atoms with E-state index in [2.05, 4.69) is 69.8 Å². The van der Waals surface area contributed by atoms with Crippen molar-refractivity contribution in [2.45, 2.75) is 19.5 Å². The van der Waals surface area contributed by atoms with Gasteiger partial charge in [-0.2, -0.15) is 11.3 Å². The predicted octanol–water partition coefficient (Wildman–Crippen LogP) is 3.95. The number of halogens is 1. The van der Waals surface area contributed by atoms with Gasteiger partial charge in [0.05, 0.1) is 0 Å². The first-order valence-electron chi connectivity index (χ1n) is 6.29. The summed E-state index contributed by atoms with van der Waals surface area (Å²) in [6.07, 6.45) is 0. The van der Waals surface area contributed by atoms with Crippen molar-refractivity contribution in [2.75, 3.05) is 13.6 Å². The number of aryl methyl sites for hydroxylation is 1. The Morgan fingerprint density at radius 1 is 1.37 bits per heavy atom. The third-order valence-corrected chi connectivity index (χ3v) is 4.93. The Kier molecular flexibility index (Phi) is 5.16. The fourth-order valence-corrected chi connectivity index (χ4v) is 3.22. The van der Waals surface area contributed by atoms with Crippen LogP contribution in [0.5, 0.6) is 0 Å². The molecule has 0 radical (unpaired) electrons. The van der Waals surface area contributed by atoms with E-state index in [1.807, 2.05) is 0 Å². The highest BCUT2D eigenvalue weighted by molar-refractivity contribution is 9.10. The largest absolute Gasteiger partial charge is 0.329 e. The summed E-state index contributed by atoms with van der Waals surface area (Å²) >= 11 is 5.33. The number of rotatable bonds is 5. The van der Waals surface area contributed by atoms with Gasteiger partial charge in [-0.15, -0.1) is 0 Å². The zero-order valence-electron chi connectivity index (χ0n) is 11.3.